The van der Waals surface area contributed by atoms with Crippen LogP contribution >= 0.6 is 11.3 Å². The zero-order valence-electron chi connectivity index (χ0n) is 15.5. The molecule has 2 atom stereocenters. The van der Waals surface area contributed by atoms with E-state index in [2.05, 4.69) is 17.2 Å². The van der Waals surface area contributed by atoms with Crippen molar-refractivity contribution < 1.29 is 9.59 Å². The molecule has 0 aliphatic carbocycles. The predicted octanol–water partition coefficient (Wildman–Crippen LogP) is 3.50. The number of carbonyl (C=O) groups is 2. The predicted molar refractivity (Wildman–Crippen MR) is 104 cm³/mol. The minimum absolute atomic E-state index is 0.00535. The Balaban J connectivity index is 1.91. The van der Waals surface area contributed by atoms with Gasteiger partial charge < -0.3 is 10.2 Å². The third kappa shape index (κ3) is 3.96. The fourth-order valence-corrected chi connectivity index (χ4v) is 4.47. The van der Waals surface area contributed by atoms with Crippen molar-refractivity contribution in [1.82, 2.24) is 15.2 Å². The summed E-state index contributed by atoms with van der Waals surface area (Å²) >= 11 is 1.55. The molecule has 0 radical (unpaired) electrons. The Labute approximate surface area is 158 Å². The highest BCUT2D eigenvalue weighted by Crippen LogP contribution is 2.33. The number of nitrogens with one attached hydrogen (secondary N) is 1. The number of carbonyl (C=O) groups excluding carboxylic acids is 2. The zero-order chi connectivity index (χ0) is 18.7. The molecular weight excluding hydrogens is 346 g/mol. The molecule has 2 unspecified atom stereocenters. The maximum Gasteiger partial charge on any atom is 0.274 e. The summed E-state index contributed by atoms with van der Waals surface area (Å²) in [5.41, 5.74) is 1.55. The first-order valence-electron chi connectivity index (χ1n) is 9.05. The number of hydrogen-bond donors (Lipinski definition) is 1. The first kappa shape index (κ1) is 18.6. The van der Waals surface area contributed by atoms with Crippen molar-refractivity contribution in [2.45, 2.75) is 39.7 Å². The maximum absolute atomic E-state index is 13.4. The number of thiazole rings is 1. The molecule has 2 aromatic rings. The Morgan fingerprint density at radius 1 is 1.31 bits per heavy atom. The quantitative estimate of drug-likeness (QED) is 0.895. The van der Waals surface area contributed by atoms with E-state index in [1.807, 2.05) is 42.2 Å². The molecule has 2 heterocycles. The molecule has 3 rings (SSSR count). The van der Waals surface area contributed by atoms with E-state index in [0.717, 1.165) is 28.3 Å². The van der Waals surface area contributed by atoms with E-state index in [1.165, 1.54) is 6.92 Å². The average molecular weight is 372 g/mol. The molecule has 1 aliphatic heterocycles. The molecule has 26 heavy (non-hydrogen) atoms. The van der Waals surface area contributed by atoms with Crippen molar-refractivity contribution in [1.29, 1.82) is 0 Å². The lowest BCUT2D eigenvalue weighted by Crippen LogP contribution is -2.53. The van der Waals surface area contributed by atoms with Gasteiger partial charge in [-0.05, 0) is 31.2 Å². The van der Waals surface area contributed by atoms with Crippen LogP contribution in [-0.2, 0) is 4.79 Å². The molecule has 0 spiro atoms. The standard InChI is InChI=1S/C20H25N3O2S/c1-13-8-7-11-23(17(13)12-21-14(2)24)20(25)18-19(26-15(3)22-18)16-9-5-4-6-10-16/h4-6,9-10,13,17H,7-8,11-12H2,1-3H3,(H,21,24). The van der Waals surface area contributed by atoms with Crippen molar-refractivity contribution in [3.8, 4) is 10.4 Å². The Kier molecular flexibility index (Phi) is 5.71. The lowest BCUT2D eigenvalue weighted by atomic mass is 9.90. The topological polar surface area (TPSA) is 62.3 Å². The highest BCUT2D eigenvalue weighted by atomic mass is 32.1. The minimum Gasteiger partial charge on any atom is -0.354 e. The summed E-state index contributed by atoms with van der Waals surface area (Å²) in [7, 11) is 0. The van der Waals surface area contributed by atoms with E-state index in [-0.39, 0.29) is 17.9 Å². The fourth-order valence-electron chi connectivity index (χ4n) is 3.55. The highest BCUT2D eigenvalue weighted by molar-refractivity contribution is 7.15. The van der Waals surface area contributed by atoms with Gasteiger partial charge in [0.25, 0.3) is 5.91 Å². The Morgan fingerprint density at radius 2 is 2.04 bits per heavy atom. The molecular formula is C20H25N3O2S. The highest BCUT2D eigenvalue weighted by Gasteiger charge is 2.34. The van der Waals surface area contributed by atoms with E-state index in [9.17, 15) is 9.59 Å². The van der Waals surface area contributed by atoms with Crippen molar-refractivity contribution >= 4 is 23.2 Å². The second-order valence-corrected chi connectivity index (χ2v) is 8.10. The zero-order valence-corrected chi connectivity index (χ0v) is 16.3. The number of amides is 2. The van der Waals surface area contributed by atoms with E-state index >= 15 is 0 Å². The van der Waals surface area contributed by atoms with Crippen LogP contribution in [0.3, 0.4) is 0 Å². The second kappa shape index (κ2) is 7.99. The second-order valence-electron chi connectivity index (χ2n) is 6.90. The van der Waals surface area contributed by atoms with Crippen LogP contribution < -0.4 is 5.32 Å². The summed E-state index contributed by atoms with van der Waals surface area (Å²) in [5.74, 6) is 0.249. The molecule has 0 bridgehead atoms. The lowest BCUT2D eigenvalue weighted by Gasteiger charge is -2.40. The lowest BCUT2D eigenvalue weighted by molar-refractivity contribution is -0.119. The van der Waals surface area contributed by atoms with Crippen LogP contribution in [0.2, 0.25) is 0 Å². The molecule has 1 aromatic heterocycles. The van der Waals surface area contributed by atoms with E-state index < -0.39 is 0 Å². The van der Waals surface area contributed by atoms with Gasteiger partial charge in [0.05, 0.1) is 15.9 Å². The summed E-state index contributed by atoms with van der Waals surface area (Å²) in [6.07, 6.45) is 2.04. The number of aryl methyl sites for hydroxylation is 1. The monoisotopic (exact) mass is 371 g/mol. The summed E-state index contributed by atoms with van der Waals surface area (Å²) < 4.78 is 0. The number of benzene rings is 1. The van der Waals surface area contributed by atoms with E-state index in [4.69, 9.17) is 0 Å². The van der Waals surface area contributed by atoms with Crippen molar-refractivity contribution in [2.75, 3.05) is 13.1 Å². The van der Waals surface area contributed by atoms with Crippen LogP contribution in [0, 0.1) is 12.8 Å². The van der Waals surface area contributed by atoms with Crippen LogP contribution in [0.25, 0.3) is 10.4 Å². The molecule has 1 saturated heterocycles. The molecule has 0 saturated carbocycles. The smallest absolute Gasteiger partial charge is 0.274 e. The van der Waals surface area contributed by atoms with Gasteiger partial charge in [0.2, 0.25) is 5.91 Å². The molecule has 1 fully saturated rings. The van der Waals surface area contributed by atoms with Crippen LogP contribution in [0.5, 0.6) is 0 Å². The van der Waals surface area contributed by atoms with Crippen LogP contribution in [0.1, 0.15) is 42.2 Å². The summed E-state index contributed by atoms with van der Waals surface area (Å²) in [4.78, 5) is 32.1. The van der Waals surface area contributed by atoms with Gasteiger partial charge in [0.15, 0.2) is 0 Å². The number of nitrogens with zero attached hydrogens (tertiary/aromatic N) is 2. The molecule has 1 aliphatic rings. The number of likely N-dealkylation sites (tertiary alicyclic amines) is 1. The SMILES string of the molecule is CC(=O)NCC1C(C)CCCN1C(=O)c1nc(C)sc1-c1ccccc1. The molecule has 5 nitrogen and oxygen atoms in total. The fraction of sp³-hybridized carbons (Fsp3) is 0.450. The first-order valence-corrected chi connectivity index (χ1v) is 9.87. The van der Waals surface area contributed by atoms with Gasteiger partial charge >= 0.3 is 0 Å². The van der Waals surface area contributed by atoms with E-state index in [0.29, 0.717) is 24.7 Å². The number of rotatable bonds is 4. The number of piperidine rings is 1. The van der Waals surface area contributed by atoms with Gasteiger partial charge in [-0.1, -0.05) is 37.3 Å². The van der Waals surface area contributed by atoms with Gasteiger partial charge in [-0.25, -0.2) is 4.98 Å². The van der Waals surface area contributed by atoms with E-state index in [1.54, 1.807) is 11.3 Å². The Morgan fingerprint density at radius 3 is 2.73 bits per heavy atom. The third-order valence-corrected chi connectivity index (χ3v) is 5.93. The number of hydrogen-bond acceptors (Lipinski definition) is 4. The van der Waals surface area contributed by atoms with Gasteiger partial charge in [0, 0.05) is 20.0 Å². The van der Waals surface area contributed by atoms with Crippen LogP contribution in [0.4, 0.5) is 0 Å². The summed E-state index contributed by atoms with van der Waals surface area (Å²) in [6, 6.07) is 9.94. The molecule has 1 aromatic carbocycles. The maximum atomic E-state index is 13.4. The van der Waals surface area contributed by atoms with Crippen LogP contribution in [0.15, 0.2) is 30.3 Å². The van der Waals surface area contributed by atoms with Gasteiger partial charge in [-0.3, -0.25) is 9.59 Å². The molecule has 138 valence electrons. The largest absolute Gasteiger partial charge is 0.354 e. The summed E-state index contributed by atoms with van der Waals surface area (Å²) in [5, 5.41) is 3.77. The average Bonchev–Trinajstić information content (AvgIpc) is 3.02. The third-order valence-electron chi connectivity index (χ3n) is 4.91. The van der Waals surface area contributed by atoms with Gasteiger partial charge in [-0.15, -0.1) is 11.3 Å². The molecule has 6 heteroatoms. The van der Waals surface area contributed by atoms with Crippen molar-refractivity contribution in [3.05, 3.63) is 41.0 Å². The minimum atomic E-state index is -0.0651. The molecule has 2 amide bonds. The number of aromatic nitrogens is 1. The Hall–Kier alpha value is -2.21. The normalized spacial score (nSPS) is 20.0. The van der Waals surface area contributed by atoms with Gasteiger partial charge in [0.1, 0.15) is 5.69 Å². The van der Waals surface area contributed by atoms with Crippen molar-refractivity contribution in [2.24, 2.45) is 5.92 Å². The van der Waals surface area contributed by atoms with Gasteiger partial charge in [-0.2, -0.15) is 0 Å². The Bertz CT molecular complexity index is 788. The molecule has 1 N–H and O–H groups in total. The van der Waals surface area contributed by atoms with Crippen LogP contribution in [-0.4, -0.2) is 40.8 Å². The first-order chi connectivity index (χ1) is 12.5. The van der Waals surface area contributed by atoms with Crippen molar-refractivity contribution in [3.63, 3.8) is 0 Å². The summed E-state index contributed by atoms with van der Waals surface area (Å²) in [6.45, 7) is 6.79.